The SMILES string of the molecule is CCCCNC(=O)C(C)N(Cc1ccc(Cl)cc1)C(=O)CN(c1cccc(C(C)=O)c1)S(C)(=O)=O. The highest BCUT2D eigenvalue weighted by Gasteiger charge is 2.30. The number of rotatable bonds is 12. The minimum atomic E-state index is -3.87. The number of sulfonamides is 1. The molecule has 1 atom stereocenters. The number of carbonyl (C=O) groups is 3. The fourth-order valence-electron chi connectivity index (χ4n) is 3.40. The molecule has 2 amide bonds. The van der Waals surface area contributed by atoms with E-state index in [4.69, 9.17) is 11.6 Å². The highest BCUT2D eigenvalue weighted by Crippen LogP contribution is 2.21. The number of halogens is 1. The molecule has 35 heavy (non-hydrogen) atoms. The molecule has 0 aromatic heterocycles. The fourth-order valence-corrected chi connectivity index (χ4v) is 4.37. The van der Waals surface area contributed by atoms with Crippen molar-refractivity contribution in [3.05, 3.63) is 64.7 Å². The van der Waals surface area contributed by atoms with Crippen molar-refractivity contribution in [3.63, 3.8) is 0 Å². The van der Waals surface area contributed by atoms with Crippen LogP contribution in [0.5, 0.6) is 0 Å². The Morgan fingerprint density at radius 2 is 1.74 bits per heavy atom. The molecule has 1 unspecified atom stereocenters. The van der Waals surface area contributed by atoms with Gasteiger partial charge in [0.1, 0.15) is 12.6 Å². The predicted octanol–water partition coefficient (Wildman–Crippen LogP) is 3.64. The van der Waals surface area contributed by atoms with Gasteiger partial charge < -0.3 is 10.2 Å². The summed E-state index contributed by atoms with van der Waals surface area (Å²) in [6, 6.07) is 12.1. The quantitative estimate of drug-likeness (QED) is 0.339. The molecule has 0 aliphatic rings. The van der Waals surface area contributed by atoms with Crippen LogP contribution in [0.25, 0.3) is 0 Å². The van der Waals surface area contributed by atoms with Gasteiger partial charge in [-0.3, -0.25) is 18.7 Å². The van der Waals surface area contributed by atoms with Crippen molar-refractivity contribution in [2.24, 2.45) is 0 Å². The number of unbranched alkanes of at least 4 members (excludes halogenated alkanes) is 1. The van der Waals surface area contributed by atoms with E-state index in [-0.39, 0.29) is 23.9 Å². The number of carbonyl (C=O) groups excluding carboxylic acids is 3. The molecule has 0 saturated heterocycles. The summed E-state index contributed by atoms with van der Waals surface area (Å²) in [4.78, 5) is 39.4. The molecule has 8 nitrogen and oxygen atoms in total. The van der Waals surface area contributed by atoms with Crippen LogP contribution in [0.2, 0.25) is 5.02 Å². The van der Waals surface area contributed by atoms with Crippen LogP contribution in [-0.2, 0) is 26.2 Å². The molecule has 0 fully saturated rings. The Bertz CT molecular complexity index is 1150. The summed E-state index contributed by atoms with van der Waals surface area (Å²) in [6.45, 7) is 5.03. The molecule has 190 valence electrons. The highest BCUT2D eigenvalue weighted by atomic mass is 35.5. The monoisotopic (exact) mass is 521 g/mol. The highest BCUT2D eigenvalue weighted by molar-refractivity contribution is 7.92. The van der Waals surface area contributed by atoms with Gasteiger partial charge in [-0.15, -0.1) is 0 Å². The van der Waals surface area contributed by atoms with Crippen LogP contribution in [0.15, 0.2) is 48.5 Å². The maximum atomic E-state index is 13.5. The maximum Gasteiger partial charge on any atom is 0.244 e. The molecule has 0 heterocycles. The Balaban J connectivity index is 2.38. The van der Waals surface area contributed by atoms with E-state index in [1.165, 1.54) is 24.0 Å². The first kappa shape index (κ1) is 28.3. The molecule has 2 aromatic rings. The van der Waals surface area contributed by atoms with Crippen molar-refractivity contribution in [2.45, 2.75) is 46.2 Å². The molecule has 10 heteroatoms. The molecule has 1 N–H and O–H groups in total. The fraction of sp³-hybridized carbons (Fsp3) is 0.400. The second kappa shape index (κ2) is 12.7. The Morgan fingerprint density at radius 3 is 2.31 bits per heavy atom. The Hall–Kier alpha value is -2.91. The summed E-state index contributed by atoms with van der Waals surface area (Å²) >= 11 is 5.97. The van der Waals surface area contributed by atoms with Gasteiger partial charge in [-0.1, -0.05) is 49.2 Å². The van der Waals surface area contributed by atoms with Crippen molar-refractivity contribution in [2.75, 3.05) is 23.7 Å². The van der Waals surface area contributed by atoms with E-state index in [1.54, 1.807) is 43.3 Å². The summed E-state index contributed by atoms with van der Waals surface area (Å²) in [5.74, 6) is -1.12. The normalized spacial score (nSPS) is 12.0. The van der Waals surface area contributed by atoms with Crippen molar-refractivity contribution < 1.29 is 22.8 Å². The molecule has 0 bridgehead atoms. The lowest BCUT2D eigenvalue weighted by Crippen LogP contribution is -2.51. The van der Waals surface area contributed by atoms with Gasteiger partial charge in [0.05, 0.1) is 11.9 Å². The average Bonchev–Trinajstić information content (AvgIpc) is 2.81. The van der Waals surface area contributed by atoms with Gasteiger partial charge in [-0.25, -0.2) is 8.42 Å². The smallest absolute Gasteiger partial charge is 0.244 e. The lowest BCUT2D eigenvalue weighted by atomic mass is 10.1. The van der Waals surface area contributed by atoms with Gasteiger partial charge in [0.2, 0.25) is 21.8 Å². The summed E-state index contributed by atoms with van der Waals surface area (Å²) in [5, 5.41) is 3.36. The van der Waals surface area contributed by atoms with Crippen LogP contribution in [0.1, 0.15) is 49.5 Å². The number of hydrogen-bond donors (Lipinski definition) is 1. The Morgan fingerprint density at radius 1 is 1.09 bits per heavy atom. The largest absolute Gasteiger partial charge is 0.354 e. The summed E-state index contributed by atoms with van der Waals surface area (Å²) < 4.78 is 26.2. The number of nitrogens with one attached hydrogen (secondary N) is 1. The molecular weight excluding hydrogens is 490 g/mol. The van der Waals surface area contributed by atoms with Crippen molar-refractivity contribution in [1.82, 2.24) is 10.2 Å². The third-order valence-corrected chi connectivity index (χ3v) is 6.88. The zero-order valence-electron chi connectivity index (χ0n) is 20.5. The summed E-state index contributed by atoms with van der Waals surface area (Å²) in [6.07, 6.45) is 2.70. The van der Waals surface area contributed by atoms with Gasteiger partial charge >= 0.3 is 0 Å². The average molecular weight is 522 g/mol. The topological polar surface area (TPSA) is 104 Å². The first-order chi connectivity index (χ1) is 16.4. The number of Topliss-reactive ketones (excluding diaryl/α,β-unsaturated/α-hetero) is 1. The number of ketones is 1. The maximum absolute atomic E-state index is 13.5. The predicted molar refractivity (Wildman–Crippen MR) is 138 cm³/mol. The number of anilines is 1. The second-order valence-corrected chi connectivity index (χ2v) is 10.7. The van der Waals surface area contributed by atoms with Crippen LogP contribution in [0.3, 0.4) is 0 Å². The van der Waals surface area contributed by atoms with Gasteiger partial charge in [0.25, 0.3) is 0 Å². The van der Waals surface area contributed by atoms with E-state index in [9.17, 15) is 22.8 Å². The Labute approximate surface area is 212 Å². The van der Waals surface area contributed by atoms with E-state index in [0.717, 1.165) is 29.0 Å². The zero-order chi connectivity index (χ0) is 26.2. The van der Waals surface area contributed by atoms with E-state index < -0.39 is 28.5 Å². The van der Waals surface area contributed by atoms with E-state index in [0.29, 0.717) is 17.1 Å². The molecule has 2 aromatic carbocycles. The van der Waals surface area contributed by atoms with Gasteiger partial charge in [0, 0.05) is 23.7 Å². The van der Waals surface area contributed by atoms with Crippen molar-refractivity contribution in [1.29, 1.82) is 0 Å². The molecule has 0 spiro atoms. The lowest BCUT2D eigenvalue weighted by Gasteiger charge is -2.31. The lowest BCUT2D eigenvalue weighted by molar-refractivity contribution is -0.139. The van der Waals surface area contributed by atoms with Crippen molar-refractivity contribution >= 4 is 44.9 Å². The van der Waals surface area contributed by atoms with Crippen LogP contribution in [0.4, 0.5) is 5.69 Å². The van der Waals surface area contributed by atoms with E-state index in [1.807, 2.05) is 6.92 Å². The minimum Gasteiger partial charge on any atom is -0.354 e. The minimum absolute atomic E-state index is 0.0868. The Kier molecular flexibility index (Phi) is 10.3. The third-order valence-electron chi connectivity index (χ3n) is 5.48. The van der Waals surface area contributed by atoms with Crippen LogP contribution in [-0.4, -0.2) is 56.3 Å². The van der Waals surface area contributed by atoms with E-state index in [2.05, 4.69) is 5.32 Å². The number of hydrogen-bond acceptors (Lipinski definition) is 5. The number of nitrogens with zero attached hydrogens (tertiary/aromatic N) is 2. The molecule has 0 aliphatic carbocycles. The molecule has 0 aliphatic heterocycles. The van der Waals surface area contributed by atoms with Crippen LogP contribution >= 0.6 is 11.6 Å². The van der Waals surface area contributed by atoms with Crippen LogP contribution in [0, 0.1) is 0 Å². The second-order valence-electron chi connectivity index (χ2n) is 8.34. The van der Waals surface area contributed by atoms with Crippen molar-refractivity contribution in [3.8, 4) is 0 Å². The summed E-state index contributed by atoms with van der Waals surface area (Å²) in [5.41, 5.74) is 1.26. The number of amides is 2. The third kappa shape index (κ3) is 8.36. The van der Waals surface area contributed by atoms with Gasteiger partial charge in [-0.05, 0) is 50.1 Å². The molecular formula is C25H32ClN3O5S. The first-order valence-electron chi connectivity index (χ1n) is 11.3. The van der Waals surface area contributed by atoms with E-state index >= 15 is 0 Å². The molecule has 2 rings (SSSR count). The standard InChI is InChI=1S/C25H32ClN3O5S/c1-5-6-14-27-25(32)18(2)28(16-20-10-12-22(26)13-11-20)24(31)17-29(35(4,33)34)23-9-7-8-21(15-23)19(3)30/h7-13,15,18H,5-6,14,16-17H2,1-4H3,(H,27,32). The molecule has 0 radical (unpaired) electrons. The summed E-state index contributed by atoms with van der Waals surface area (Å²) in [7, 11) is -3.87. The van der Waals surface area contributed by atoms with Gasteiger partial charge in [0.15, 0.2) is 5.78 Å². The number of benzene rings is 2. The van der Waals surface area contributed by atoms with Crippen LogP contribution < -0.4 is 9.62 Å². The first-order valence-corrected chi connectivity index (χ1v) is 13.6. The van der Waals surface area contributed by atoms with Gasteiger partial charge in [-0.2, -0.15) is 0 Å². The molecule has 0 saturated carbocycles. The zero-order valence-corrected chi connectivity index (χ0v) is 22.0.